The molecule has 0 aromatic heterocycles. The Balaban J connectivity index is 1.93. The largest absolute Gasteiger partial charge is 0.376 e. The fraction of sp³-hybridized carbons (Fsp3) is 0.391. The molecule has 2 aromatic rings. The molecule has 5 nitrogen and oxygen atoms in total. The Morgan fingerprint density at radius 3 is 2.18 bits per heavy atom. The Bertz CT molecular complexity index is 794. The third-order valence-electron chi connectivity index (χ3n) is 4.73. The average molecular weight is 382 g/mol. The molecular formula is C23H31N3O2. The number of hydrogen-bond acceptors (Lipinski definition) is 3. The number of aryl methyl sites for hydroxylation is 1. The fourth-order valence-electron chi connectivity index (χ4n) is 3.06. The lowest BCUT2D eigenvalue weighted by Crippen LogP contribution is -2.32. The van der Waals surface area contributed by atoms with Gasteiger partial charge in [0.25, 0.3) is 5.91 Å². The lowest BCUT2D eigenvalue weighted by Gasteiger charge is -2.21. The number of nitrogens with zero attached hydrogens (tertiary/aromatic N) is 1. The van der Waals surface area contributed by atoms with E-state index in [-0.39, 0.29) is 18.4 Å². The number of rotatable bonds is 9. The maximum atomic E-state index is 12.6. The van der Waals surface area contributed by atoms with Gasteiger partial charge in [0, 0.05) is 30.0 Å². The van der Waals surface area contributed by atoms with Gasteiger partial charge in [0.05, 0.1) is 6.54 Å². The molecular weight excluding hydrogens is 350 g/mol. The predicted molar refractivity (Wildman–Crippen MR) is 116 cm³/mol. The molecule has 150 valence electrons. The minimum atomic E-state index is -0.126. The monoisotopic (exact) mass is 381 g/mol. The molecule has 0 spiro atoms. The highest BCUT2D eigenvalue weighted by molar-refractivity contribution is 5.96. The first-order valence-electron chi connectivity index (χ1n) is 9.95. The standard InChI is InChI=1S/C23H31N3O2/c1-5-14-26(15-6-2)23(28)19-10-12-20(13-11-19)25-22(27)16-24-21-9-7-8-17(3)18(21)4/h7-13,24H,5-6,14-16H2,1-4H3,(H,25,27). The maximum absolute atomic E-state index is 12.6. The van der Waals surface area contributed by atoms with E-state index in [4.69, 9.17) is 0 Å². The first-order valence-corrected chi connectivity index (χ1v) is 9.95. The highest BCUT2D eigenvalue weighted by Crippen LogP contribution is 2.18. The van der Waals surface area contributed by atoms with E-state index in [1.807, 2.05) is 36.9 Å². The van der Waals surface area contributed by atoms with Gasteiger partial charge in [-0.2, -0.15) is 0 Å². The summed E-state index contributed by atoms with van der Waals surface area (Å²) in [5, 5.41) is 6.04. The average Bonchev–Trinajstić information content (AvgIpc) is 2.69. The fourth-order valence-corrected chi connectivity index (χ4v) is 3.06. The van der Waals surface area contributed by atoms with Crippen molar-refractivity contribution in [2.24, 2.45) is 0 Å². The zero-order valence-corrected chi connectivity index (χ0v) is 17.3. The Labute approximate surface area is 168 Å². The second-order valence-electron chi connectivity index (χ2n) is 7.02. The van der Waals surface area contributed by atoms with Crippen LogP contribution in [0.4, 0.5) is 11.4 Å². The van der Waals surface area contributed by atoms with Crippen molar-refractivity contribution in [3.63, 3.8) is 0 Å². The summed E-state index contributed by atoms with van der Waals surface area (Å²) in [6, 6.07) is 13.1. The summed E-state index contributed by atoms with van der Waals surface area (Å²) in [5.41, 5.74) is 4.62. The van der Waals surface area contributed by atoms with Crippen molar-refractivity contribution in [1.29, 1.82) is 0 Å². The van der Waals surface area contributed by atoms with Gasteiger partial charge in [-0.25, -0.2) is 0 Å². The maximum Gasteiger partial charge on any atom is 0.253 e. The number of nitrogens with one attached hydrogen (secondary N) is 2. The molecule has 2 rings (SSSR count). The highest BCUT2D eigenvalue weighted by atomic mass is 16.2. The van der Waals surface area contributed by atoms with Crippen molar-refractivity contribution < 1.29 is 9.59 Å². The van der Waals surface area contributed by atoms with Crippen LogP contribution in [0.2, 0.25) is 0 Å². The Hall–Kier alpha value is -2.82. The summed E-state index contributed by atoms with van der Waals surface area (Å²) >= 11 is 0. The molecule has 0 radical (unpaired) electrons. The van der Waals surface area contributed by atoms with Crippen molar-refractivity contribution in [2.75, 3.05) is 30.3 Å². The van der Waals surface area contributed by atoms with Gasteiger partial charge in [0.1, 0.15) is 0 Å². The molecule has 0 heterocycles. The minimum Gasteiger partial charge on any atom is -0.376 e. The molecule has 2 aromatic carbocycles. The van der Waals surface area contributed by atoms with Gasteiger partial charge in [0.15, 0.2) is 0 Å². The minimum absolute atomic E-state index is 0.0400. The van der Waals surface area contributed by atoms with Crippen LogP contribution in [0.3, 0.4) is 0 Å². The van der Waals surface area contributed by atoms with Crippen LogP contribution in [-0.2, 0) is 4.79 Å². The third kappa shape index (κ3) is 5.84. The van der Waals surface area contributed by atoms with E-state index in [0.717, 1.165) is 37.2 Å². The zero-order chi connectivity index (χ0) is 20.5. The summed E-state index contributed by atoms with van der Waals surface area (Å²) in [4.78, 5) is 26.7. The van der Waals surface area contributed by atoms with Crippen molar-refractivity contribution in [3.8, 4) is 0 Å². The third-order valence-corrected chi connectivity index (χ3v) is 4.73. The normalized spacial score (nSPS) is 10.4. The molecule has 0 fully saturated rings. The van der Waals surface area contributed by atoms with Crippen LogP contribution < -0.4 is 10.6 Å². The Morgan fingerprint density at radius 1 is 0.929 bits per heavy atom. The Morgan fingerprint density at radius 2 is 1.57 bits per heavy atom. The molecule has 0 aliphatic heterocycles. The quantitative estimate of drug-likeness (QED) is 0.666. The van der Waals surface area contributed by atoms with E-state index < -0.39 is 0 Å². The van der Waals surface area contributed by atoms with Gasteiger partial charge in [0.2, 0.25) is 5.91 Å². The summed E-state index contributed by atoms with van der Waals surface area (Å²) in [7, 11) is 0. The lowest BCUT2D eigenvalue weighted by molar-refractivity contribution is -0.114. The number of anilines is 2. The van der Waals surface area contributed by atoms with E-state index >= 15 is 0 Å². The van der Waals surface area contributed by atoms with E-state index in [0.29, 0.717) is 11.3 Å². The molecule has 0 saturated carbocycles. The first-order chi connectivity index (χ1) is 13.5. The first kappa shape index (κ1) is 21.5. The number of benzene rings is 2. The van der Waals surface area contributed by atoms with Gasteiger partial charge in [-0.15, -0.1) is 0 Å². The molecule has 0 aliphatic rings. The van der Waals surface area contributed by atoms with Crippen molar-refractivity contribution in [3.05, 3.63) is 59.2 Å². The van der Waals surface area contributed by atoms with Crippen molar-refractivity contribution in [1.82, 2.24) is 4.90 Å². The topological polar surface area (TPSA) is 61.4 Å². The van der Waals surface area contributed by atoms with Crippen molar-refractivity contribution in [2.45, 2.75) is 40.5 Å². The molecule has 0 atom stereocenters. The molecule has 5 heteroatoms. The predicted octanol–water partition coefficient (Wildman–Crippen LogP) is 4.62. The van der Waals surface area contributed by atoms with Crippen LogP contribution in [0.15, 0.2) is 42.5 Å². The van der Waals surface area contributed by atoms with E-state index in [1.54, 1.807) is 24.3 Å². The Kier molecular flexibility index (Phi) is 8.05. The van der Waals surface area contributed by atoms with Crippen LogP contribution in [0, 0.1) is 13.8 Å². The van der Waals surface area contributed by atoms with Gasteiger partial charge in [-0.05, 0) is 68.1 Å². The van der Waals surface area contributed by atoms with Crippen LogP contribution >= 0.6 is 0 Å². The van der Waals surface area contributed by atoms with Crippen LogP contribution in [0.25, 0.3) is 0 Å². The van der Waals surface area contributed by atoms with Gasteiger partial charge in [-0.3, -0.25) is 9.59 Å². The van der Waals surface area contributed by atoms with Gasteiger partial charge in [-0.1, -0.05) is 26.0 Å². The smallest absolute Gasteiger partial charge is 0.253 e. The van der Waals surface area contributed by atoms with Crippen LogP contribution in [0.5, 0.6) is 0 Å². The molecule has 0 bridgehead atoms. The number of amides is 2. The molecule has 2 N–H and O–H groups in total. The number of hydrogen-bond donors (Lipinski definition) is 2. The molecule has 0 saturated heterocycles. The van der Waals surface area contributed by atoms with E-state index in [9.17, 15) is 9.59 Å². The molecule has 28 heavy (non-hydrogen) atoms. The summed E-state index contributed by atoms with van der Waals surface area (Å²) in [6.07, 6.45) is 1.88. The van der Waals surface area contributed by atoms with Gasteiger partial charge >= 0.3 is 0 Å². The lowest BCUT2D eigenvalue weighted by atomic mass is 10.1. The van der Waals surface area contributed by atoms with Gasteiger partial charge < -0.3 is 15.5 Å². The highest BCUT2D eigenvalue weighted by Gasteiger charge is 2.14. The zero-order valence-electron chi connectivity index (χ0n) is 17.3. The van der Waals surface area contributed by atoms with Crippen LogP contribution in [0.1, 0.15) is 48.2 Å². The van der Waals surface area contributed by atoms with E-state index in [1.165, 1.54) is 5.56 Å². The van der Waals surface area contributed by atoms with Crippen molar-refractivity contribution >= 4 is 23.2 Å². The summed E-state index contributed by atoms with van der Waals surface area (Å²) in [5.74, 6) is -0.0864. The summed E-state index contributed by atoms with van der Waals surface area (Å²) < 4.78 is 0. The van der Waals surface area contributed by atoms with Crippen LogP contribution in [-0.4, -0.2) is 36.3 Å². The van der Waals surface area contributed by atoms with E-state index in [2.05, 4.69) is 24.5 Å². The summed E-state index contributed by atoms with van der Waals surface area (Å²) in [6.45, 7) is 9.93. The number of carbonyl (C=O) groups excluding carboxylic acids is 2. The second-order valence-corrected chi connectivity index (χ2v) is 7.02. The number of carbonyl (C=O) groups is 2. The molecule has 0 aliphatic carbocycles. The molecule has 2 amide bonds. The molecule has 0 unspecified atom stereocenters. The second kappa shape index (κ2) is 10.5. The SMILES string of the molecule is CCCN(CCC)C(=O)c1ccc(NC(=O)CNc2cccc(C)c2C)cc1.